The monoisotopic (exact) mass is 206 g/mol. The Morgan fingerprint density at radius 3 is 2.67 bits per heavy atom. The van der Waals surface area contributed by atoms with Crippen LogP contribution in [0.5, 0.6) is 5.75 Å². The fraction of sp³-hybridized carbons (Fsp3) is 0.417. The molecule has 0 amide bonds. The van der Waals surface area contributed by atoms with E-state index < -0.39 is 5.41 Å². The highest BCUT2D eigenvalue weighted by Gasteiger charge is 2.42. The number of ether oxygens (including phenoxy) is 2. The summed E-state index contributed by atoms with van der Waals surface area (Å²) in [4.78, 5) is 11.2. The van der Waals surface area contributed by atoms with Crippen molar-refractivity contribution in [2.75, 3.05) is 20.3 Å². The largest absolute Gasteiger partial charge is 0.496 e. The predicted octanol–water partition coefficient (Wildman–Crippen LogP) is 1.47. The predicted molar refractivity (Wildman–Crippen MR) is 56.3 cm³/mol. The summed E-state index contributed by atoms with van der Waals surface area (Å²) >= 11 is 0. The molecule has 1 aromatic carbocycles. The molecule has 1 aliphatic heterocycles. The number of carbonyl (C=O) groups is 1. The first kappa shape index (κ1) is 10.2. The molecule has 3 heteroatoms. The highest BCUT2D eigenvalue weighted by molar-refractivity contribution is 5.72. The van der Waals surface area contributed by atoms with E-state index in [9.17, 15) is 4.79 Å². The molecule has 0 aromatic heterocycles. The van der Waals surface area contributed by atoms with Crippen LogP contribution in [0.15, 0.2) is 18.2 Å². The Hall–Kier alpha value is -1.35. The van der Waals surface area contributed by atoms with Crippen LogP contribution in [0.25, 0.3) is 0 Å². The van der Waals surface area contributed by atoms with Gasteiger partial charge in [0, 0.05) is 5.56 Å². The lowest BCUT2D eigenvalue weighted by Gasteiger charge is -2.37. The first-order valence-corrected chi connectivity index (χ1v) is 4.91. The molecule has 15 heavy (non-hydrogen) atoms. The average Bonchev–Trinajstić information content (AvgIpc) is 2.17. The van der Waals surface area contributed by atoms with Crippen molar-refractivity contribution in [3.05, 3.63) is 29.3 Å². The van der Waals surface area contributed by atoms with E-state index in [4.69, 9.17) is 9.47 Å². The van der Waals surface area contributed by atoms with Crippen molar-refractivity contribution in [2.45, 2.75) is 12.3 Å². The summed E-state index contributed by atoms with van der Waals surface area (Å²) in [5, 5.41) is 0. The van der Waals surface area contributed by atoms with Crippen LogP contribution < -0.4 is 4.74 Å². The second kappa shape index (κ2) is 3.66. The number of hydrogen-bond donors (Lipinski definition) is 0. The molecule has 2 rings (SSSR count). The topological polar surface area (TPSA) is 35.5 Å². The van der Waals surface area contributed by atoms with Gasteiger partial charge in [-0.3, -0.25) is 0 Å². The number of hydrogen-bond acceptors (Lipinski definition) is 3. The van der Waals surface area contributed by atoms with E-state index >= 15 is 0 Å². The fourth-order valence-electron chi connectivity index (χ4n) is 1.82. The normalized spacial score (nSPS) is 18.0. The van der Waals surface area contributed by atoms with Gasteiger partial charge < -0.3 is 14.3 Å². The van der Waals surface area contributed by atoms with Gasteiger partial charge in [-0.25, -0.2) is 0 Å². The van der Waals surface area contributed by atoms with E-state index in [-0.39, 0.29) is 0 Å². The lowest BCUT2D eigenvalue weighted by atomic mass is 9.79. The van der Waals surface area contributed by atoms with Crippen molar-refractivity contribution < 1.29 is 14.3 Å². The third kappa shape index (κ3) is 1.53. The Kier molecular flexibility index (Phi) is 2.49. The van der Waals surface area contributed by atoms with Gasteiger partial charge in [0.25, 0.3) is 0 Å². The minimum atomic E-state index is -0.489. The van der Waals surface area contributed by atoms with Crippen LogP contribution >= 0.6 is 0 Å². The maximum absolute atomic E-state index is 11.2. The highest BCUT2D eigenvalue weighted by Crippen LogP contribution is 2.36. The summed E-state index contributed by atoms with van der Waals surface area (Å²) in [5.74, 6) is 0.760. The van der Waals surface area contributed by atoms with Gasteiger partial charge in [-0.2, -0.15) is 0 Å². The van der Waals surface area contributed by atoms with E-state index in [1.54, 1.807) is 7.11 Å². The standard InChI is InChI=1S/C12H14O3/c1-9-3-4-11(14-2)10(5-9)12(6-13)7-15-8-12/h3-6H,7-8H2,1-2H3. The van der Waals surface area contributed by atoms with Gasteiger partial charge in [-0.1, -0.05) is 17.7 Å². The molecule has 0 bridgehead atoms. The van der Waals surface area contributed by atoms with Crippen molar-refractivity contribution >= 4 is 6.29 Å². The zero-order chi connectivity index (χ0) is 10.9. The molecule has 1 fully saturated rings. The van der Waals surface area contributed by atoms with Crippen LogP contribution in [-0.4, -0.2) is 26.6 Å². The van der Waals surface area contributed by atoms with Gasteiger partial charge >= 0.3 is 0 Å². The zero-order valence-corrected chi connectivity index (χ0v) is 8.95. The number of methoxy groups -OCH3 is 1. The lowest BCUT2D eigenvalue weighted by molar-refractivity contribution is -0.130. The second-order valence-electron chi connectivity index (χ2n) is 3.97. The Bertz CT molecular complexity index is 380. The maximum atomic E-state index is 11.2. The molecular formula is C12H14O3. The molecule has 1 heterocycles. The minimum Gasteiger partial charge on any atom is -0.496 e. The van der Waals surface area contributed by atoms with Gasteiger partial charge in [0.15, 0.2) is 0 Å². The van der Waals surface area contributed by atoms with Crippen LogP contribution in [0, 0.1) is 6.92 Å². The number of aldehydes is 1. The fourth-order valence-corrected chi connectivity index (χ4v) is 1.82. The molecule has 80 valence electrons. The molecule has 0 atom stereocenters. The quantitative estimate of drug-likeness (QED) is 0.702. The van der Waals surface area contributed by atoms with Gasteiger partial charge in [0.1, 0.15) is 17.5 Å². The van der Waals surface area contributed by atoms with Crippen molar-refractivity contribution in [2.24, 2.45) is 0 Å². The van der Waals surface area contributed by atoms with Crippen LogP contribution in [-0.2, 0) is 14.9 Å². The Balaban J connectivity index is 2.49. The molecule has 3 nitrogen and oxygen atoms in total. The molecule has 0 N–H and O–H groups in total. The number of carbonyl (C=O) groups excluding carboxylic acids is 1. The molecule has 0 radical (unpaired) electrons. The molecule has 0 spiro atoms. The third-order valence-electron chi connectivity index (χ3n) is 2.84. The van der Waals surface area contributed by atoms with E-state index in [1.165, 1.54) is 0 Å². The first-order valence-electron chi connectivity index (χ1n) is 4.91. The summed E-state index contributed by atoms with van der Waals surface area (Å²) < 4.78 is 10.4. The summed E-state index contributed by atoms with van der Waals surface area (Å²) in [6, 6.07) is 5.87. The van der Waals surface area contributed by atoms with Crippen LogP contribution in [0.4, 0.5) is 0 Å². The SMILES string of the molecule is COc1ccc(C)cc1C1(C=O)COC1. The van der Waals surface area contributed by atoms with Gasteiger partial charge in [-0.05, 0) is 13.0 Å². The Morgan fingerprint density at radius 2 is 2.20 bits per heavy atom. The van der Waals surface area contributed by atoms with E-state index in [1.807, 2.05) is 25.1 Å². The molecule has 0 aliphatic carbocycles. The zero-order valence-electron chi connectivity index (χ0n) is 8.95. The van der Waals surface area contributed by atoms with E-state index in [2.05, 4.69) is 0 Å². The summed E-state index contributed by atoms with van der Waals surface area (Å²) in [6.07, 6.45) is 0.966. The van der Waals surface area contributed by atoms with Crippen molar-refractivity contribution in [3.63, 3.8) is 0 Å². The number of benzene rings is 1. The third-order valence-corrected chi connectivity index (χ3v) is 2.84. The smallest absolute Gasteiger partial charge is 0.135 e. The molecule has 1 aliphatic rings. The van der Waals surface area contributed by atoms with Crippen molar-refractivity contribution in [1.82, 2.24) is 0 Å². The minimum absolute atomic E-state index is 0.455. The summed E-state index contributed by atoms with van der Waals surface area (Å²) in [7, 11) is 1.62. The van der Waals surface area contributed by atoms with Gasteiger partial charge in [0.2, 0.25) is 0 Å². The van der Waals surface area contributed by atoms with Crippen molar-refractivity contribution in [1.29, 1.82) is 0 Å². The Labute approximate surface area is 89.0 Å². The van der Waals surface area contributed by atoms with E-state index in [0.29, 0.717) is 13.2 Å². The van der Waals surface area contributed by atoms with Crippen LogP contribution in [0.3, 0.4) is 0 Å². The molecule has 0 saturated carbocycles. The summed E-state index contributed by atoms with van der Waals surface area (Å²) in [5.41, 5.74) is 1.57. The van der Waals surface area contributed by atoms with Crippen molar-refractivity contribution in [3.8, 4) is 5.75 Å². The average molecular weight is 206 g/mol. The highest BCUT2D eigenvalue weighted by atomic mass is 16.5. The second-order valence-corrected chi connectivity index (χ2v) is 3.97. The van der Waals surface area contributed by atoms with Gasteiger partial charge in [-0.15, -0.1) is 0 Å². The molecular weight excluding hydrogens is 192 g/mol. The number of aryl methyl sites for hydroxylation is 1. The molecule has 1 saturated heterocycles. The maximum Gasteiger partial charge on any atom is 0.135 e. The lowest BCUT2D eigenvalue weighted by Crippen LogP contribution is -2.48. The summed E-state index contributed by atoms with van der Waals surface area (Å²) in [6.45, 7) is 2.91. The number of rotatable bonds is 3. The molecule has 1 aromatic rings. The van der Waals surface area contributed by atoms with Crippen LogP contribution in [0.1, 0.15) is 11.1 Å². The molecule has 0 unspecified atom stereocenters. The van der Waals surface area contributed by atoms with Gasteiger partial charge in [0.05, 0.1) is 20.3 Å². The Morgan fingerprint density at radius 1 is 1.47 bits per heavy atom. The van der Waals surface area contributed by atoms with Crippen LogP contribution in [0.2, 0.25) is 0 Å². The first-order chi connectivity index (χ1) is 7.22. The van der Waals surface area contributed by atoms with E-state index in [0.717, 1.165) is 23.2 Å².